The lowest BCUT2D eigenvalue weighted by molar-refractivity contribution is 0.0976. The van der Waals surface area contributed by atoms with Gasteiger partial charge in [0.2, 0.25) is 0 Å². The lowest BCUT2D eigenvalue weighted by Crippen LogP contribution is -2.26. The number of ketones is 2. The highest BCUT2D eigenvalue weighted by Crippen LogP contribution is 2.62. The van der Waals surface area contributed by atoms with Crippen LogP contribution in [0.1, 0.15) is 241 Å². The summed E-state index contributed by atoms with van der Waals surface area (Å²) in [5, 5.41) is 0. The monoisotopic (exact) mass is 1420 g/mol. The molecule has 10 aliphatic rings. The van der Waals surface area contributed by atoms with E-state index in [4.69, 9.17) is 4.74 Å². The van der Waals surface area contributed by atoms with Crippen molar-refractivity contribution < 1.29 is 14.3 Å². The van der Waals surface area contributed by atoms with Crippen molar-refractivity contribution in [3.05, 3.63) is 365 Å². The Balaban J connectivity index is 0.0000000960. The van der Waals surface area contributed by atoms with Gasteiger partial charge in [0.15, 0.2) is 11.6 Å². The van der Waals surface area contributed by atoms with Gasteiger partial charge in [-0.2, -0.15) is 0 Å². The second-order valence-electron chi connectivity index (χ2n) is 34.2. The van der Waals surface area contributed by atoms with Crippen LogP contribution in [0.25, 0.3) is 55.6 Å². The molecular weight excluding hydrogens is 1320 g/mol. The van der Waals surface area contributed by atoms with Crippen LogP contribution in [0.3, 0.4) is 0 Å². The third-order valence-corrected chi connectivity index (χ3v) is 27.3. The molecule has 9 aliphatic carbocycles. The molecule has 0 N–H and O–H groups in total. The summed E-state index contributed by atoms with van der Waals surface area (Å²) in [7, 11) is 0. The fraction of sp³-hybridized carbons (Fsp3) is 0.302. The van der Waals surface area contributed by atoms with E-state index < -0.39 is 0 Å². The second kappa shape index (κ2) is 27.8. The third kappa shape index (κ3) is 11.4. The number of hydrogen-bond acceptors (Lipinski definition) is 3. The Labute approximate surface area is 647 Å². The van der Waals surface area contributed by atoms with Gasteiger partial charge in [-0.05, 0) is 210 Å². The molecule has 12 aromatic carbocycles. The summed E-state index contributed by atoms with van der Waals surface area (Å²) < 4.78 is 5.78. The van der Waals surface area contributed by atoms with Crippen LogP contribution in [-0.2, 0) is 31.8 Å². The maximum absolute atomic E-state index is 12.8. The molecule has 3 fully saturated rings. The summed E-state index contributed by atoms with van der Waals surface area (Å²) in [6.45, 7) is 19.2. The molecule has 0 amide bonds. The third-order valence-electron chi connectivity index (χ3n) is 27.3. The molecule has 1 heterocycles. The molecule has 0 radical (unpaired) electrons. The van der Waals surface area contributed by atoms with Gasteiger partial charge in [-0.3, -0.25) is 9.59 Å². The van der Waals surface area contributed by atoms with Crippen LogP contribution < -0.4 is 0 Å². The van der Waals surface area contributed by atoms with Crippen LogP contribution >= 0.6 is 0 Å². The smallest absolute Gasteiger partial charge is 0.164 e. The minimum atomic E-state index is -0.309. The van der Waals surface area contributed by atoms with E-state index in [1.54, 1.807) is 22.3 Å². The number of aryl methyl sites for hydroxylation is 8. The lowest BCUT2D eigenvalue weighted by atomic mass is 9.69. The highest BCUT2D eigenvalue weighted by molar-refractivity contribution is 6.07. The zero-order chi connectivity index (χ0) is 74.6. The molecule has 22 rings (SSSR count). The zero-order valence-electron chi connectivity index (χ0n) is 65.3. The average molecular weight is 1420 g/mol. The normalized spacial score (nSPS) is 18.8. The molecule has 109 heavy (non-hydrogen) atoms. The maximum atomic E-state index is 12.8. The summed E-state index contributed by atoms with van der Waals surface area (Å²) in [6, 6.07) is 89.1. The number of ether oxygens (including phenoxy) is 1. The lowest BCUT2D eigenvalue weighted by Gasteiger charge is -2.34. The Morgan fingerprint density at radius 2 is 0.450 bits per heavy atom. The number of rotatable bonds is 0. The minimum absolute atomic E-state index is 0.114. The first-order valence-corrected chi connectivity index (χ1v) is 41.0. The van der Waals surface area contributed by atoms with E-state index in [-0.39, 0.29) is 27.8 Å². The van der Waals surface area contributed by atoms with E-state index in [9.17, 15) is 9.59 Å². The van der Waals surface area contributed by atoms with Crippen LogP contribution in [-0.4, -0.2) is 24.8 Å². The molecule has 1 atom stereocenters. The van der Waals surface area contributed by atoms with Crippen LogP contribution in [0.2, 0.25) is 0 Å². The van der Waals surface area contributed by atoms with Gasteiger partial charge >= 0.3 is 0 Å². The highest BCUT2D eigenvalue weighted by atomic mass is 16.5. The van der Waals surface area contributed by atoms with Crippen molar-refractivity contribution in [3.8, 4) is 55.6 Å². The van der Waals surface area contributed by atoms with Crippen LogP contribution in [0.5, 0.6) is 0 Å². The van der Waals surface area contributed by atoms with Crippen molar-refractivity contribution in [3.63, 3.8) is 0 Å². The van der Waals surface area contributed by atoms with Crippen molar-refractivity contribution >= 4 is 11.6 Å². The number of carbonyl (C=O) groups is 2. The first kappa shape index (κ1) is 70.6. The molecule has 3 nitrogen and oxygen atoms in total. The number of benzene rings is 12. The van der Waals surface area contributed by atoms with Gasteiger partial charge in [-0.1, -0.05) is 351 Å². The van der Waals surface area contributed by atoms with Crippen molar-refractivity contribution in [1.29, 1.82) is 0 Å². The zero-order valence-corrected chi connectivity index (χ0v) is 65.3. The van der Waals surface area contributed by atoms with Gasteiger partial charge in [0.25, 0.3) is 0 Å². The van der Waals surface area contributed by atoms with Crippen LogP contribution in [0, 0.1) is 55.4 Å². The summed E-state index contributed by atoms with van der Waals surface area (Å²) in [5.74, 6) is 0.511. The van der Waals surface area contributed by atoms with E-state index in [2.05, 4.69) is 274 Å². The number of hydrogen-bond donors (Lipinski definition) is 0. The molecule has 1 unspecified atom stereocenters. The Morgan fingerprint density at radius 1 is 0.220 bits per heavy atom. The van der Waals surface area contributed by atoms with Crippen molar-refractivity contribution in [2.75, 3.05) is 13.2 Å². The molecule has 0 aromatic heterocycles. The second-order valence-corrected chi connectivity index (χ2v) is 34.2. The number of Topliss-reactive ketones (excluding diaryl/α,β-unsaturated/α-hetero) is 2. The predicted octanol–water partition coefficient (Wildman–Crippen LogP) is 26.4. The molecule has 1 aliphatic heterocycles. The Bertz CT molecular complexity index is 5470. The molecule has 1 saturated heterocycles. The van der Waals surface area contributed by atoms with E-state index in [1.165, 1.54) is 235 Å². The van der Waals surface area contributed by atoms with Gasteiger partial charge in [0.05, 0.1) is 17.4 Å². The van der Waals surface area contributed by atoms with Gasteiger partial charge in [-0.25, -0.2) is 0 Å². The molecule has 0 bridgehead atoms. The Morgan fingerprint density at radius 3 is 0.771 bits per heavy atom. The van der Waals surface area contributed by atoms with Crippen LogP contribution in [0.15, 0.2) is 243 Å². The molecule has 5 spiro atoms. The quantitative estimate of drug-likeness (QED) is 0.152. The molecule has 2 saturated carbocycles. The molecule has 3 heteroatoms. The highest BCUT2D eigenvalue weighted by Gasteiger charge is 2.54. The van der Waals surface area contributed by atoms with Crippen molar-refractivity contribution in [2.45, 2.75) is 192 Å². The fourth-order valence-corrected chi connectivity index (χ4v) is 22.2. The van der Waals surface area contributed by atoms with Gasteiger partial charge in [0, 0.05) is 46.8 Å². The summed E-state index contributed by atoms with van der Waals surface area (Å²) in [4.78, 5) is 25.5. The SMILES string of the molecule is Cc1ccc2c(c1)C1(CC(=O)c3ccccc31)c1cc(C)ccc1-2.Cc1ccc2c(c1)C1(CC(=O)c3ccccc31)c1ccccc1-2.Cc1ccc2c(c1)C1(CCCCCCC1)c1cc(C)ccc1-2.Cc1ccc2c(c1)C1(CCCCCCC1)c1ccccc1-2.Cc1ccc2c(c1)C1(CCOC1)c1cc(C)ccc1-2. The molecular formula is C106H102O3. The Hall–Kier alpha value is -10.1. The van der Waals surface area contributed by atoms with Crippen LogP contribution in [0.4, 0.5) is 0 Å². The summed E-state index contributed by atoms with van der Waals surface area (Å²) >= 11 is 0. The first-order valence-electron chi connectivity index (χ1n) is 41.0. The minimum Gasteiger partial charge on any atom is -0.380 e. The van der Waals surface area contributed by atoms with E-state index >= 15 is 0 Å². The van der Waals surface area contributed by atoms with E-state index in [0.717, 1.165) is 30.8 Å². The first-order chi connectivity index (χ1) is 53.0. The molecule has 544 valence electrons. The van der Waals surface area contributed by atoms with Gasteiger partial charge < -0.3 is 4.74 Å². The average Bonchev–Trinajstić information content (AvgIpc) is 1.53. The standard InChI is InChI=1S/C23H18O.C22H16O.C22H26.C21H24.C18H18O/c1-14-7-9-16-17-10-8-15(2)12-21(17)23(20(16)11-14)13-22(24)18-5-3-4-6-19(18)23;1-14-10-11-16-15-6-2-4-8-18(15)22(20(16)12-14)13-21(23)17-7-3-5-9-19(17)22;1-16-8-10-18-19-11-9-17(2)15-21(19)22(20(18)14-16)12-6-4-3-5-7-13-22;1-16-11-12-18-17-9-5-6-10-19(17)21(20(18)15-16)13-7-3-2-4-8-14-21;1-12-3-5-14-15-6-4-13(2)10-17(15)18(16(14)9-12)7-8-19-11-18/h3-12H,13H2,1-2H3;2-12H,13H2,1H3;8-11,14-15H,3-7,12-13H2,1-2H3;5-6,9-12,15H,2-4,7-8,13-14H2,1H3;3-6,9-10H,7-8,11H2,1-2H3. The predicted molar refractivity (Wildman–Crippen MR) is 450 cm³/mol. The summed E-state index contributed by atoms with van der Waals surface area (Å²) in [6.07, 6.45) is 21.5. The van der Waals surface area contributed by atoms with Crippen molar-refractivity contribution in [2.24, 2.45) is 0 Å². The maximum Gasteiger partial charge on any atom is 0.164 e. The van der Waals surface area contributed by atoms with E-state index in [0.29, 0.717) is 23.7 Å². The topological polar surface area (TPSA) is 43.4 Å². The van der Waals surface area contributed by atoms with Crippen molar-refractivity contribution in [1.82, 2.24) is 0 Å². The largest absolute Gasteiger partial charge is 0.380 e. The van der Waals surface area contributed by atoms with Gasteiger partial charge in [0.1, 0.15) is 0 Å². The van der Waals surface area contributed by atoms with E-state index in [1.807, 2.05) is 24.3 Å². The van der Waals surface area contributed by atoms with Gasteiger partial charge in [-0.15, -0.1) is 0 Å². The molecule has 12 aromatic rings. The summed E-state index contributed by atoms with van der Waals surface area (Å²) in [5.41, 5.74) is 43.3. The fourth-order valence-electron chi connectivity index (χ4n) is 22.2. The number of fused-ring (bicyclic) bond motifs is 29. The Kier molecular flexibility index (Phi) is 18.0. The number of carbonyl (C=O) groups excluding carboxylic acids is 2.